The molecular formula is C33H36O9. The van der Waals surface area contributed by atoms with Crippen molar-refractivity contribution in [2.45, 2.75) is 102 Å². The fourth-order valence-corrected chi connectivity index (χ4v) is 8.41. The van der Waals surface area contributed by atoms with Crippen molar-refractivity contribution in [1.82, 2.24) is 0 Å². The summed E-state index contributed by atoms with van der Waals surface area (Å²) >= 11 is 0. The van der Waals surface area contributed by atoms with E-state index in [1.54, 1.807) is 12.2 Å². The summed E-state index contributed by atoms with van der Waals surface area (Å²) in [7, 11) is 0. The monoisotopic (exact) mass is 576 g/mol. The summed E-state index contributed by atoms with van der Waals surface area (Å²) in [5.41, 5.74) is -3.54. The number of ether oxygens (including phenoxy) is 4. The number of rotatable bonds is 5. The second kappa shape index (κ2) is 7.94. The lowest BCUT2D eigenvalue weighted by Crippen LogP contribution is -2.79. The molecule has 0 radical (unpaired) electrons. The molecule has 42 heavy (non-hydrogen) atoms. The summed E-state index contributed by atoms with van der Waals surface area (Å²) in [6, 6.07) is 0. The lowest BCUT2D eigenvalue weighted by molar-refractivity contribution is -0.172. The van der Waals surface area contributed by atoms with Crippen LogP contribution in [-0.2, 0) is 25.5 Å². The zero-order valence-corrected chi connectivity index (χ0v) is 24.9. The van der Waals surface area contributed by atoms with E-state index < -0.39 is 57.7 Å². The molecule has 1 aromatic carbocycles. The van der Waals surface area contributed by atoms with Crippen LogP contribution in [0.15, 0.2) is 29.4 Å². The third kappa shape index (κ3) is 2.93. The number of phenols is 1. The van der Waals surface area contributed by atoms with Crippen LogP contribution < -0.4 is 9.47 Å². The van der Waals surface area contributed by atoms with Gasteiger partial charge in [0.2, 0.25) is 11.4 Å². The number of phenolic OH excluding ortho intramolecular Hbond substituents is 1. The van der Waals surface area contributed by atoms with Gasteiger partial charge in [-0.15, -0.1) is 0 Å². The van der Waals surface area contributed by atoms with Gasteiger partial charge in [-0.2, -0.15) is 0 Å². The summed E-state index contributed by atoms with van der Waals surface area (Å²) in [4.78, 5) is 40.5. The van der Waals surface area contributed by atoms with Crippen molar-refractivity contribution in [2.75, 3.05) is 0 Å². The van der Waals surface area contributed by atoms with E-state index in [0.29, 0.717) is 29.7 Å². The lowest BCUT2D eigenvalue weighted by atomic mass is 9.43. The van der Waals surface area contributed by atoms with Gasteiger partial charge >= 0.3 is 5.97 Å². The number of aliphatic carboxylic acids is 1. The first-order valence-corrected chi connectivity index (χ1v) is 14.5. The van der Waals surface area contributed by atoms with Crippen molar-refractivity contribution >= 4 is 23.6 Å². The van der Waals surface area contributed by atoms with Crippen molar-refractivity contribution in [3.8, 4) is 17.2 Å². The number of benzene rings is 1. The Labute approximate surface area is 244 Å². The Bertz CT molecular complexity index is 1610. The minimum absolute atomic E-state index is 0.0246. The number of carboxylic acids is 1. The average molecular weight is 577 g/mol. The number of hydrogen-bond acceptors (Lipinski definition) is 8. The molecular weight excluding hydrogens is 540 g/mol. The molecule has 0 aromatic heterocycles. The Balaban J connectivity index is 1.53. The van der Waals surface area contributed by atoms with Crippen LogP contribution >= 0.6 is 0 Å². The van der Waals surface area contributed by atoms with Crippen molar-refractivity contribution in [3.63, 3.8) is 0 Å². The van der Waals surface area contributed by atoms with Gasteiger partial charge in [0.05, 0.1) is 17.1 Å². The van der Waals surface area contributed by atoms with E-state index in [0.717, 1.165) is 5.57 Å². The van der Waals surface area contributed by atoms with Gasteiger partial charge < -0.3 is 29.2 Å². The molecule has 4 aliphatic heterocycles. The van der Waals surface area contributed by atoms with E-state index in [-0.39, 0.29) is 34.8 Å². The Kier molecular flexibility index (Phi) is 5.18. The van der Waals surface area contributed by atoms with Crippen LogP contribution in [0.5, 0.6) is 17.2 Å². The third-order valence-corrected chi connectivity index (χ3v) is 10.6. The SMILES string of the molecule is CC(C)=CCc1c2c(c(O)c3c1O[C@@]14[C@H]5OC(C)(C)[C@]1(C/C=C(/C)C(=O)O)C[C@H](C5=O)C1OC14C3=O)C=CC(C)(C)O2. The number of carbonyl (C=O) groups excluding carboxylic acids is 2. The number of hydrogen-bond donors (Lipinski definition) is 2. The zero-order valence-electron chi connectivity index (χ0n) is 24.9. The number of fused-ring (bicyclic) bond motifs is 2. The van der Waals surface area contributed by atoms with Crippen LogP contribution in [0.1, 0.15) is 82.8 Å². The number of carboxylic acid groups (broad SMARTS) is 1. The molecule has 8 rings (SSSR count). The van der Waals surface area contributed by atoms with E-state index in [1.807, 2.05) is 53.7 Å². The van der Waals surface area contributed by atoms with Gasteiger partial charge in [-0.3, -0.25) is 9.59 Å². The Hall–Kier alpha value is -3.43. The molecule has 3 aliphatic carbocycles. The molecule has 9 heteroatoms. The second-order valence-electron chi connectivity index (χ2n) is 13.9. The van der Waals surface area contributed by atoms with Crippen LogP contribution in [0.25, 0.3) is 6.08 Å². The fourth-order valence-electron chi connectivity index (χ4n) is 8.41. The van der Waals surface area contributed by atoms with Crippen LogP contribution in [0.3, 0.4) is 0 Å². The fraction of sp³-hybridized carbons (Fsp3) is 0.545. The second-order valence-corrected chi connectivity index (χ2v) is 13.9. The topological polar surface area (TPSA) is 132 Å². The Morgan fingerprint density at radius 1 is 1.05 bits per heavy atom. The molecule has 7 aliphatic rings. The number of allylic oxidation sites excluding steroid dienone is 3. The standard InChI is InChI=1S/C33H36O9/c1-15(2)8-9-18-23-17(11-12-29(4,5)39-23)21(34)20-24(18)40-33-27-22(35)19(26-32(33,42-26)25(20)36)14-31(33,30(6,7)41-27)13-10-16(3)28(37)38/h8,10-12,19,26-27,34H,9,13-14H2,1-7H3,(H,37,38)/b16-10-/t19-,26?,27+,31+,32?,33+/m1/s1. The molecule has 2 spiro atoms. The summed E-state index contributed by atoms with van der Waals surface area (Å²) in [5, 5.41) is 21.3. The Morgan fingerprint density at radius 2 is 1.76 bits per heavy atom. The lowest BCUT2D eigenvalue weighted by Gasteiger charge is -2.60. The molecule has 1 aromatic rings. The maximum Gasteiger partial charge on any atom is 0.330 e. The molecule has 5 fully saturated rings. The predicted molar refractivity (Wildman–Crippen MR) is 151 cm³/mol. The maximum absolute atomic E-state index is 14.8. The van der Waals surface area contributed by atoms with Crippen molar-refractivity contribution < 1.29 is 43.5 Å². The maximum atomic E-state index is 14.8. The highest BCUT2D eigenvalue weighted by atomic mass is 16.7. The predicted octanol–water partition coefficient (Wildman–Crippen LogP) is 4.72. The number of ketones is 2. The first-order valence-electron chi connectivity index (χ1n) is 14.5. The van der Waals surface area contributed by atoms with Gasteiger partial charge in [0, 0.05) is 16.6 Å². The Morgan fingerprint density at radius 3 is 2.43 bits per heavy atom. The molecule has 2 N–H and O–H groups in total. The molecule has 6 atom stereocenters. The molecule has 2 unspecified atom stereocenters. The summed E-state index contributed by atoms with van der Waals surface area (Å²) in [6.07, 6.45) is 6.30. The van der Waals surface area contributed by atoms with E-state index in [9.17, 15) is 24.6 Å². The number of aromatic hydroxyl groups is 1. The summed E-state index contributed by atoms with van der Waals surface area (Å²) < 4.78 is 26.4. The zero-order chi connectivity index (χ0) is 30.4. The number of epoxide rings is 1. The van der Waals surface area contributed by atoms with Crippen molar-refractivity contribution in [2.24, 2.45) is 11.3 Å². The molecule has 2 saturated heterocycles. The minimum Gasteiger partial charge on any atom is -0.506 e. The first kappa shape index (κ1) is 27.4. The highest BCUT2D eigenvalue weighted by Crippen LogP contribution is 2.79. The van der Waals surface area contributed by atoms with Crippen molar-refractivity contribution in [1.29, 1.82) is 0 Å². The van der Waals surface area contributed by atoms with E-state index in [4.69, 9.17) is 18.9 Å². The first-order chi connectivity index (χ1) is 19.6. The smallest absolute Gasteiger partial charge is 0.330 e. The van der Waals surface area contributed by atoms with Crippen LogP contribution in [0.4, 0.5) is 0 Å². The highest BCUT2D eigenvalue weighted by molar-refractivity contribution is 6.15. The molecule has 222 valence electrons. The third-order valence-electron chi connectivity index (χ3n) is 10.6. The molecule has 0 amide bonds. The quantitative estimate of drug-likeness (QED) is 0.290. The van der Waals surface area contributed by atoms with Crippen LogP contribution in [-0.4, -0.2) is 62.4 Å². The normalized spacial score (nSPS) is 37.1. The van der Waals surface area contributed by atoms with Crippen molar-refractivity contribution in [3.05, 3.63) is 46.1 Å². The van der Waals surface area contributed by atoms with Crippen LogP contribution in [0.2, 0.25) is 0 Å². The van der Waals surface area contributed by atoms with Gasteiger partial charge in [0.25, 0.3) is 0 Å². The van der Waals surface area contributed by atoms with E-state index >= 15 is 0 Å². The summed E-state index contributed by atoms with van der Waals surface area (Å²) in [5.74, 6) is -1.92. The van der Waals surface area contributed by atoms with Gasteiger partial charge in [-0.25, -0.2) is 4.79 Å². The van der Waals surface area contributed by atoms with Gasteiger partial charge in [-0.05, 0) is 79.9 Å². The van der Waals surface area contributed by atoms with E-state index in [2.05, 4.69) is 0 Å². The van der Waals surface area contributed by atoms with Gasteiger partial charge in [0.1, 0.15) is 34.5 Å². The number of carbonyl (C=O) groups is 3. The van der Waals surface area contributed by atoms with Gasteiger partial charge in [0.15, 0.2) is 17.5 Å². The summed E-state index contributed by atoms with van der Waals surface area (Å²) in [6.45, 7) is 13.0. The van der Waals surface area contributed by atoms with Crippen LogP contribution in [0, 0.1) is 11.3 Å². The molecule has 3 saturated carbocycles. The van der Waals surface area contributed by atoms with Gasteiger partial charge in [-0.1, -0.05) is 17.7 Å². The number of Topliss-reactive ketones (excluding diaryl/α,β-unsaturated/α-hetero) is 2. The molecule has 9 nitrogen and oxygen atoms in total. The molecule has 4 heterocycles. The highest BCUT2D eigenvalue weighted by Gasteiger charge is 2.97. The average Bonchev–Trinajstić information content (AvgIpc) is 3.63. The molecule has 4 bridgehead atoms. The largest absolute Gasteiger partial charge is 0.506 e. The minimum atomic E-state index is -1.57. The van der Waals surface area contributed by atoms with E-state index in [1.165, 1.54) is 6.92 Å².